The van der Waals surface area contributed by atoms with E-state index in [1.165, 1.54) is 4.88 Å². The monoisotopic (exact) mass is 422 g/mol. The van der Waals surface area contributed by atoms with Gasteiger partial charge in [0.1, 0.15) is 5.69 Å². The highest BCUT2D eigenvalue weighted by molar-refractivity contribution is 7.13. The summed E-state index contributed by atoms with van der Waals surface area (Å²) in [5, 5.41) is 8.72. The third-order valence-corrected chi connectivity index (χ3v) is 6.43. The van der Waals surface area contributed by atoms with Gasteiger partial charge in [-0.2, -0.15) is 5.10 Å². The van der Waals surface area contributed by atoms with E-state index in [-0.39, 0.29) is 17.7 Å². The van der Waals surface area contributed by atoms with Crippen LogP contribution in [0.15, 0.2) is 54.0 Å². The molecule has 1 unspecified atom stereocenters. The quantitative estimate of drug-likeness (QED) is 0.659. The topological polar surface area (TPSA) is 69.3 Å². The molecule has 1 aromatic carbocycles. The number of thiophene rings is 1. The molecular formula is C23H26N4O2S. The van der Waals surface area contributed by atoms with Gasteiger partial charge in [0.2, 0.25) is 5.91 Å². The average Bonchev–Trinajstić information content (AvgIpc) is 3.46. The minimum atomic E-state index is -0.271. The van der Waals surface area contributed by atoms with Crippen LogP contribution in [-0.4, -0.2) is 58.0 Å². The zero-order valence-electron chi connectivity index (χ0n) is 17.1. The zero-order valence-corrected chi connectivity index (χ0v) is 17.9. The van der Waals surface area contributed by atoms with Gasteiger partial charge in [-0.15, -0.1) is 11.3 Å². The van der Waals surface area contributed by atoms with Gasteiger partial charge in [0.05, 0.1) is 5.92 Å². The average molecular weight is 423 g/mol. The summed E-state index contributed by atoms with van der Waals surface area (Å²) in [5.41, 5.74) is 2.77. The van der Waals surface area contributed by atoms with E-state index in [0.717, 1.165) is 17.5 Å². The molecule has 156 valence electrons. The number of carbonyl (C=O) groups is 2. The first kappa shape index (κ1) is 20.3. The summed E-state index contributed by atoms with van der Waals surface area (Å²) in [5.74, 6) is -0.236. The molecule has 1 atom stereocenters. The molecule has 30 heavy (non-hydrogen) atoms. The van der Waals surface area contributed by atoms with Crippen molar-refractivity contribution >= 4 is 23.2 Å². The van der Waals surface area contributed by atoms with E-state index in [4.69, 9.17) is 0 Å². The Kier molecular flexibility index (Phi) is 6.28. The number of amides is 2. The summed E-state index contributed by atoms with van der Waals surface area (Å²) >= 11 is 1.70. The predicted octanol–water partition coefficient (Wildman–Crippen LogP) is 3.69. The lowest BCUT2D eigenvalue weighted by Crippen LogP contribution is -2.38. The number of H-pyrrole nitrogens is 1. The van der Waals surface area contributed by atoms with E-state index in [1.54, 1.807) is 28.5 Å². The van der Waals surface area contributed by atoms with Crippen LogP contribution in [0.2, 0.25) is 0 Å². The van der Waals surface area contributed by atoms with E-state index in [2.05, 4.69) is 40.7 Å². The van der Waals surface area contributed by atoms with Crippen LogP contribution in [0, 0.1) is 5.92 Å². The summed E-state index contributed by atoms with van der Waals surface area (Å²) in [4.78, 5) is 31.2. The van der Waals surface area contributed by atoms with Crippen LogP contribution in [0.25, 0.3) is 10.4 Å². The van der Waals surface area contributed by atoms with Gasteiger partial charge < -0.3 is 9.80 Å². The molecule has 0 bridgehead atoms. The van der Waals surface area contributed by atoms with Crippen molar-refractivity contribution in [1.29, 1.82) is 0 Å². The molecule has 4 rings (SSSR count). The number of nitrogens with zero attached hydrogens (tertiary/aromatic N) is 3. The molecule has 7 heteroatoms. The van der Waals surface area contributed by atoms with Crippen LogP contribution in [-0.2, 0) is 11.2 Å². The van der Waals surface area contributed by atoms with Crippen molar-refractivity contribution in [1.82, 2.24) is 20.0 Å². The Morgan fingerprint density at radius 3 is 2.80 bits per heavy atom. The first-order valence-corrected chi connectivity index (χ1v) is 11.2. The zero-order chi connectivity index (χ0) is 20.9. The molecule has 1 N–H and O–H groups in total. The van der Waals surface area contributed by atoms with Gasteiger partial charge in [-0.25, -0.2) is 0 Å². The maximum absolute atomic E-state index is 13.4. The fourth-order valence-electron chi connectivity index (χ4n) is 4.05. The van der Waals surface area contributed by atoms with Gasteiger partial charge in [-0.05, 0) is 41.5 Å². The molecule has 2 amide bonds. The number of benzene rings is 1. The summed E-state index contributed by atoms with van der Waals surface area (Å²) in [7, 11) is 0. The second-order valence-electron chi connectivity index (χ2n) is 7.58. The van der Waals surface area contributed by atoms with E-state index in [9.17, 15) is 9.59 Å². The molecule has 3 aromatic rings. The van der Waals surface area contributed by atoms with Crippen molar-refractivity contribution in [3.63, 3.8) is 0 Å². The lowest BCUT2D eigenvalue weighted by atomic mass is 9.93. The van der Waals surface area contributed by atoms with Crippen molar-refractivity contribution in [2.75, 3.05) is 26.2 Å². The van der Waals surface area contributed by atoms with E-state index in [1.807, 2.05) is 23.1 Å². The Morgan fingerprint density at radius 2 is 2.07 bits per heavy atom. The SMILES string of the molecule is CCCN1CCN(C(=O)c2ccn[nH]2)CC(Cc2ccccc2-c2cccs2)C1=O. The molecule has 0 saturated carbocycles. The summed E-state index contributed by atoms with van der Waals surface area (Å²) in [6, 6.07) is 14.1. The Balaban J connectivity index is 1.62. The van der Waals surface area contributed by atoms with Crippen LogP contribution in [0.1, 0.15) is 29.4 Å². The number of aromatic amines is 1. The molecule has 6 nitrogen and oxygen atoms in total. The number of rotatable bonds is 6. The Hall–Kier alpha value is -2.93. The molecule has 1 fully saturated rings. The molecule has 0 radical (unpaired) electrons. The number of hydrogen-bond donors (Lipinski definition) is 1. The van der Waals surface area contributed by atoms with Crippen LogP contribution >= 0.6 is 11.3 Å². The molecule has 1 aliphatic rings. The fraction of sp³-hybridized carbons (Fsp3) is 0.348. The maximum atomic E-state index is 13.4. The molecule has 0 spiro atoms. The third kappa shape index (κ3) is 4.31. The minimum absolute atomic E-state index is 0.102. The van der Waals surface area contributed by atoms with Gasteiger partial charge in [-0.3, -0.25) is 14.7 Å². The molecule has 2 aromatic heterocycles. The van der Waals surface area contributed by atoms with Gasteiger partial charge in [0.15, 0.2) is 0 Å². The van der Waals surface area contributed by atoms with Crippen LogP contribution in [0.3, 0.4) is 0 Å². The van der Waals surface area contributed by atoms with Gasteiger partial charge in [-0.1, -0.05) is 37.3 Å². The van der Waals surface area contributed by atoms with E-state index >= 15 is 0 Å². The summed E-state index contributed by atoms with van der Waals surface area (Å²) < 4.78 is 0. The highest BCUT2D eigenvalue weighted by Gasteiger charge is 2.33. The molecule has 0 aliphatic carbocycles. The maximum Gasteiger partial charge on any atom is 0.271 e. The van der Waals surface area contributed by atoms with Crippen molar-refractivity contribution in [2.24, 2.45) is 5.92 Å². The lowest BCUT2D eigenvalue weighted by Gasteiger charge is -2.24. The van der Waals surface area contributed by atoms with Crippen LogP contribution < -0.4 is 0 Å². The fourth-order valence-corrected chi connectivity index (χ4v) is 4.84. The van der Waals surface area contributed by atoms with Crippen molar-refractivity contribution in [3.05, 3.63) is 65.3 Å². The first-order valence-electron chi connectivity index (χ1n) is 10.4. The van der Waals surface area contributed by atoms with E-state index < -0.39 is 0 Å². The van der Waals surface area contributed by atoms with Gasteiger partial charge >= 0.3 is 0 Å². The Labute approximate surface area is 180 Å². The number of carbonyl (C=O) groups excluding carboxylic acids is 2. The molecule has 1 saturated heterocycles. The third-order valence-electron chi connectivity index (χ3n) is 5.52. The number of hydrogen-bond acceptors (Lipinski definition) is 4. The minimum Gasteiger partial charge on any atom is -0.341 e. The van der Waals surface area contributed by atoms with Crippen LogP contribution in [0.4, 0.5) is 0 Å². The van der Waals surface area contributed by atoms with Gasteiger partial charge in [0.25, 0.3) is 5.91 Å². The smallest absolute Gasteiger partial charge is 0.271 e. The normalized spacial score (nSPS) is 17.2. The largest absolute Gasteiger partial charge is 0.341 e. The van der Waals surface area contributed by atoms with Crippen LogP contribution in [0.5, 0.6) is 0 Å². The van der Waals surface area contributed by atoms with Crippen molar-refractivity contribution in [3.8, 4) is 10.4 Å². The van der Waals surface area contributed by atoms with Crippen molar-refractivity contribution < 1.29 is 9.59 Å². The highest BCUT2D eigenvalue weighted by atomic mass is 32.1. The molecule has 1 aliphatic heterocycles. The van der Waals surface area contributed by atoms with Gasteiger partial charge in [0, 0.05) is 37.3 Å². The Bertz CT molecular complexity index is 985. The second-order valence-corrected chi connectivity index (χ2v) is 8.53. The molecular weight excluding hydrogens is 396 g/mol. The predicted molar refractivity (Wildman–Crippen MR) is 118 cm³/mol. The Morgan fingerprint density at radius 1 is 1.20 bits per heavy atom. The second kappa shape index (κ2) is 9.26. The standard InChI is InChI=1S/C23H26N4O2S/c1-2-11-26-12-13-27(23(29)20-9-10-24-25-20)16-18(22(26)28)15-17-6-3-4-7-19(17)21-8-5-14-30-21/h3-10,14,18H,2,11-13,15-16H2,1H3,(H,24,25). The highest BCUT2D eigenvalue weighted by Crippen LogP contribution is 2.30. The number of aromatic nitrogens is 2. The summed E-state index contributed by atoms with van der Waals surface area (Å²) in [6.07, 6.45) is 3.09. The first-order chi connectivity index (χ1) is 14.7. The summed E-state index contributed by atoms with van der Waals surface area (Å²) in [6.45, 7) is 4.30. The number of nitrogens with one attached hydrogen (secondary N) is 1. The lowest BCUT2D eigenvalue weighted by molar-refractivity contribution is -0.134. The molecule has 3 heterocycles. The van der Waals surface area contributed by atoms with E-state index in [0.29, 0.717) is 38.3 Å². The van der Waals surface area contributed by atoms with Crippen molar-refractivity contribution in [2.45, 2.75) is 19.8 Å².